The van der Waals surface area contributed by atoms with Crippen LogP contribution >= 0.6 is 10.7 Å². The van der Waals surface area contributed by atoms with E-state index in [-0.39, 0.29) is 17.8 Å². The van der Waals surface area contributed by atoms with Crippen LogP contribution in [0, 0.1) is 17.0 Å². The van der Waals surface area contributed by atoms with E-state index in [1.165, 1.54) is 0 Å². The molecule has 0 saturated carbocycles. The average Bonchev–Trinajstić information content (AvgIpc) is 2.20. The van der Waals surface area contributed by atoms with Gasteiger partial charge in [0.05, 0.1) is 6.61 Å². The van der Waals surface area contributed by atoms with E-state index in [0.29, 0.717) is 6.42 Å². The third-order valence-corrected chi connectivity index (χ3v) is 3.72. The van der Waals surface area contributed by atoms with Crippen molar-refractivity contribution in [1.29, 1.82) is 0 Å². The van der Waals surface area contributed by atoms with Crippen LogP contribution in [0.15, 0.2) is 17.0 Å². The summed E-state index contributed by atoms with van der Waals surface area (Å²) in [5.74, 6) is -3.20. The predicted molar refractivity (Wildman–Crippen MR) is 69.0 cm³/mol. The van der Waals surface area contributed by atoms with Crippen molar-refractivity contribution in [3.8, 4) is 5.75 Å². The highest BCUT2D eigenvalue weighted by Crippen LogP contribution is 2.28. The molecule has 0 aliphatic rings. The lowest BCUT2D eigenvalue weighted by Gasteiger charge is -2.18. The molecule has 1 aromatic rings. The highest BCUT2D eigenvalue weighted by atomic mass is 35.7. The first-order valence-electron chi connectivity index (χ1n) is 5.58. The number of hydrogen-bond donors (Lipinski definition) is 0. The van der Waals surface area contributed by atoms with Crippen molar-refractivity contribution in [3.63, 3.8) is 0 Å². The first-order valence-corrected chi connectivity index (χ1v) is 7.89. The monoisotopic (exact) mass is 312 g/mol. The van der Waals surface area contributed by atoms with Crippen molar-refractivity contribution in [2.45, 2.75) is 32.1 Å². The number of hydrogen-bond acceptors (Lipinski definition) is 3. The Kier molecular flexibility index (Phi) is 4.79. The first-order chi connectivity index (χ1) is 8.52. The van der Waals surface area contributed by atoms with Crippen molar-refractivity contribution >= 4 is 19.7 Å². The molecule has 1 aromatic carbocycles. The van der Waals surface area contributed by atoms with E-state index < -0.39 is 25.6 Å². The molecule has 0 radical (unpaired) electrons. The second-order valence-corrected chi connectivity index (χ2v) is 7.82. The summed E-state index contributed by atoms with van der Waals surface area (Å²) in [5, 5.41) is 0. The van der Waals surface area contributed by atoms with Gasteiger partial charge in [0.2, 0.25) is 5.82 Å². The minimum Gasteiger partial charge on any atom is -0.490 e. The van der Waals surface area contributed by atoms with Gasteiger partial charge in [0.15, 0.2) is 11.6 Å². The Morgan fingerprint density at radius 2 is 1.79 bits per heavy atom. The maximum Gasteiger partial charge on any atom is 0.264 e. The van der Waals surface area contributed by atoms with Crippen LogP contribution in [-0.2, 0) is 9.05 Å². The van der Waals surface area contributed by atoms with E-state index in [9.17, 15) is 17.2 Å². The summed E-state index contributed by atoms with van der Waals surface area (Å²) in [6.45, 7) is 6.15. The Labute approximate surface area is 115 Å². The fourth-order valence-electron chi connectivity index (χ4n) is 1.28. The van der Waals surface area contributed by atoms with Crippen LogP contribution in [0.4, 0.5) is 8.78 Å². The van der Waals surface area contributed by atoms with Gasteiger partial charge in [0.1, 0.15) is 4.90 Å². The molecule has 7 heteroatoms. The molecule has 0 atom stereocenters. The molecule has 3 nitrogen and oxygen atoms in total. The second kappa shape index (κ2) is 5.63. The summed E-state index contributed by atoms with van der Waals surface area (Å²) in [7, 11) is 0.662. The zero-order chi connectivity index (χ0) is 14.8. The van der Waals surface area contributed by atoms with Crippen LogP contribution in [0.25, 0.3) is 0 Å². The second-order valence-electron chi connectivity index (χ2n) is 5.29. The number of halogens is 3. The molecule has 0 amide bonds. The molecule has 0 saturated heterocycles. The van der Waals surface area contributed by atoms with Gasteiger partial charge in [-0.05, 0) is 24.0 Å². The molecule has 0 fully saturated rings. The summed E-state index contributed by atoms with van der Waals surface area (Å²) in [6.07, 6.45) is 0.642. The molecule has 0 bridgehead atoms. The van der Waals surface area contributed by atoms with Crippen LogP contribution < -0.4 is 4.74 Å². The van der Waals surface area contributed by atoms with Crippen LogP contribution in [0.3, 0.4) is 0 Å². The largest absolute Gasteiger partial charge is 0.490 e. The normalized spacial score (nSPS) is 12.5. The molecule has 0 heterocycles. The smallest absolute Gasteiger partial charge is 0.264 e. The van der Waals surface area contributed by atoms with Crippen LogP contribution in [-0.4, -0.2) is 15.0 Å². The Balaban J connectivity index is 2.92. The van der Waals surface area contributed by atoms with Gasteiger partial charge in [-0.15, -0.1) is 0 Å². The van der Waals surface area contributed by atoms with E-state index in [4.69, 9.17) is 15.4 Å². The maximum atomic E-state index is 13.6. The lowest BCUT2D eigenvalue weighted by atomic mass is 9.93. The van der Waals surface area contributed by atoms with Crippen molar-refractivity contribution < 1.29 is 21.9 Å². The molecule has 0 aromatic heterocycles. The summed E-state index contributed by atoms with van der Waals surface area (Å²) in [4.78, 5) is -0.894. The molecule has 0 aliphatic carbocycles. The molecular weight excluding hydrogens is 298 g/mol. The third kappa shape index (κ3) is 4.62. The van der Waals surface area contributed by atoms with Crippen molar-refractivity contribution in [1.82, 2.24) is 0 Å². The molecule has 0 N–H and O–H groups in total. The fourth-order valence-corrected chi connectivity index (χ4v) is 2.17. The van der Waals surface area contributed by atoms with E-state index in [1.54, 1.807) is 0 Å². The zero-order valence-corrected chi connectivity index (χ0v) is 12.4. The third-order valence-electron chi connectivity index (χ3n) is 2.38. The van der Waals surface area contributed by atoms with Gasteiger partial charge >= 0.3 is 0 Å². The number of ether oxygens (including phenoxy) is 1. The molecule has 19 heavy (non-hydrogen) atoms. The summed E-state index contributed by atoms with van der Waals surface area (Å²) >= 11 is 0. The van der Waals surface area contributed by atoms with Crippen molar-refractivity contribution in [2.75, 3.05) is 6.61 Å². The van der Waals surface area contributed by atoms with E-state index >= 15 is 0 Å². The van der Waals surface area contributed by atoms with Gasteiger partial charge in [-0.3, -0.25) is 0 Å². The highest BCUT2D eigenvalue weighted by molar-refractivity contribution is 8.13. The average molecular weight is 313 g/mol. The van der Waals surface area contributed by atoms with E-state index in [0.717, 1.165) is 12.1 Å². The lowest BCUT2D eigenvalue weighted by Crippen LogP contribution is -2.12. The molecular formula is C12H15ClF2O3S. The van der Waals surface area contributed by atoms with Gasteiger partial charge in [-0.1, -0.05) is 20.8 Å². The molecule has 0 unspecified atom stereocenters. The van der Waals surface area contributed by atoms with Gasteiger partial charge in [0.25, 0.3) is 9.05 Å². The minimum absolute atomic E-state index is 0.00552. The summed E-state index contributed by atoms with van der Waals surface area (Å²) < 4.78 is 54.2. The van der Waals surface area contributed by atoms with Crippen LogP contribution in [0.1, 0.15) is 27.2 Å². The van der Waals surface area contributed by atoms with E-state index in [2.05, 4.69) is 0 Å². The molecule has 1 rings (SSSR count). The van der Waals surface area contributed by atoms with Gasteiger partial charge in [-0.2, -0.15) is 4.39 Å². The van der Waals surface area contributed by atoms with Gasteiger partial charge in [-0.25, -0.2) is 12.8 Å². The number of rotatable bonds is 4. The number of benzene rings is 1. The SMILES string of the molecule is CC(C)(C)CCOc1ccc(S(=O)(=O)Cl)c(F)c1F. The van der Waals surface area contributed by atoms with E-state index in [1.807, 2.05) is 20.8 Å². The van der Waals surface area contributed by atoms with Gasteiger partial charge in [0, 0.05) is 10.7 Å². The van der Waals surface area contributed by atoms with Crippen LogP contribution in [0.5, 0.6) is 5.75 Å². The Hall–Kier alpha value is -0.880. The molecule has 108 valence electrons. The van der Waals surface area contributed by atoms with Gasteiger partial charge < -0.3 is 4.74 Å². The topological polar surface area (TPSA) is 43.4 Å². The Morgan fingerprint density at radius 3 is 2.26 bits per heavy atom. The predicted octanol–water partition coefficient (Wildman–Crippen LogP) is 3.71. The fraction of sp³-hybridized carbons (Fsp3) is 0.500. The first kappa shape index (κ1) is 16.2. The van der Waals surface area contributed by atoms with Crippen molar-refractivity contribution in [3.05, 3.63) is 23.8 Å². The molecule has 0 spiro atoms. The van der Waals surface area contributed by atoms with Crippen molar-refractivity contribution in [2.24, 2.45) is 5.41 Å². The Morgan fingerprint density at radius 1 is 1.21 bits per heavy atom. The summed E-state index contributed by atoms with van der Waals surface area (Å²) in [6, 6.07) is 1.93. The summed E-state index contributed by atoms with van der Waals surface area (Å²) in [5.41, 5.74) is -0.00552. The quantitative estimate of drug-likeness (QED) is 0.796. The zero-order valence-electron chi connectivity index (χ0n) is 10.8. The minimum atomic E-state index is -4.31. The highest BCUT2D eigenvalue weighted by Gasteiger charge is 2.22. The van der Waals surface area contributed by atoms with Crippen LogP contribution in [0.2, 0.25) is 0 Å². The molecule has 0 aliphatic heterocycles. The maximum absolute atomic E-state index is 13.6. The standard InChI is InChI=1S/C12H15ClF2O3S/c1-12(2,3)6-7-18-8-4-5-9(19(13,16)17)11(15)10(8)14/h4-5H,6-7H2,1-3H3. The lowest BCUT2D eigenvalue weighted by molar-refractivity contribution is 0.232. The Bertz CT molecular complexity index is 565.